The van der Waals surface area contributed by atoms with Crippen molar-refractivity contribution in [1.29, 1.82) is 0 Å². The summed E-state index contributed by atoms with van der Waals surface area (Å²) in [5.41, 5.74) is 3.03. The molecule has 3 rings (SSSR count). The molecule has 1 aromatic carbocycles. The predicted octanol–water partition coefficient (Wildman–Crippen LogP) is 2.59. The van der Waals surface area contributed by atoms with Crippen molar-refractivity contribution in [3.05, 3.63) is 41.8 Å². The van der Waals surface area contributed by atoms with E-state index >= 15 is 0 Å². The van der Waals surface area contributed by atoms with Gasteiger partial charge in [0.25, 0.3) is 0 Å². The number of likely N-dealkylation sites (N-methyl/N-ethyl adjacent to an activating group) is 1. The second kappa shape index (κ2) is 11.1. The third kappa shape index (κ3) is 6.85. The highest BCUT2D eigenvalue weighted by Gasteiger charge is 2.16. The number of nitrogens with one attached hydrogen (secondary N) is 2. The second-order valence-corrected chi connectivity index (χ2v) is 8.30. The highest BCUT2D eigenvalue weighted by atomic mass is 16.3. The first-order valence-corrected chi connectivity index (χ1v) is 11.0. The Kier molecular flexibility index (Phi) is 8.28. The Bertz CT molecular complexity index is 792. The summed E-state index contributed by atoms with van der Waals surface area (Å²) in [7, 11) is 2.19. The molecular formula is C23H36N6O. The van der Waals surface area contributed by atoms with Gasteiger partial charge in [-0.25, -0.2) is 9.98 Å². The lowest BCUT2D eigenvalue weighted by atomic mass is 10.1. The van der Waals surface area contributed by atoms with Gasteiger partial charge in [0.2, 0.25) is 5.89 Å². The quantitative estimate of drug-likeness (QED) is 0.513. The largest absolute Gasteiger partial charge is 0.444 e. The van der Waals surface area contributed by atoms with Crippen LogP contribution in [0, 0.1) is 12.8 Å². The Labute approximate surface area is 180 Å². The predicted molar refractivity (Wildman–Crippen MR) is 123 cm³/mol. The van der Waals surface area contributed by atoms with Crippen molar-refractivity contribution in [3.8, 4) is 11.5 Å². The number of hydrogen-bond acceptors (Lipinski definition) is 5. The lowest BCUT2D eigenvalue weighted by Crippen LogP contribution is -2.47. The molecule has 1 aliphatic heterocycles. The number of piperazine rings is 1. The molecule has 7 heteroatoms. The van der Waals surface area contributed by atoms with E-state index in [1.54, 1.807) is 6.26 Å². The lowest BCUT2D eigenvalue weighted by Gasteiger charge is -2.34. The van der Waals surface area contributed by atoms with Gasteiger partial charge in [-0.05, 0) is 38.9 Å². The van der Waals surface area contributed by atoms with Crippen molar-refractivity contribution in [1.82, 2.24) is 25.4 Å². The molecule has 0 bridgehead atoms. The molecule has 7 nitrogen and oxygen atoms in total. The second-order valence-electron chi connectivity index (χ2n) is 8.30. The van der Waals surface area contributed by atoms with Gasteiger partial charge < -0.3 is 24.9 Å². The van der Waals surface area contributed by atoms with Gasteiger partial charge in [0, 0.05) is 51.4 Å². The molecule has 1 aromatic heterocycles. The van der Waals surface area contributed by atoms with Crippen LogP contribution in [0.2, 0.25) is 0 Å². The minimum Gasteiger partial charge on any atom is -0.444 e. The average molecular weight is 413 g/mol. The SMILES string of the molecule is CCNC(=NCc1coc(-c2ccc(C)cc2)n1)NCC(C)CN1CCN(C)CC1. The zero-order valence-electron chi connectivity index (χ0n) is 18.8. The molecule has 164 valence electrons. The maximum Gasteiger partial charge on any atom is 0.226 e. The Morgan fingerprint density at radius 2 is 1.90 bits per heavy atom. The summed E-state index contributed by atoms with van der Waals surface area (Å²) in [6.45, 7) is 14.4. The van der Waals surface area contributed by atoms with E-state index in [1.165, 1.54) is 5.56 Å². The molecule has 0 amide bonds. The van der Waals surface area contributed by atoms with Gasteiger partial charge >= 0.3 is 0 Å². The number of hydrogen-bond donors (Lipinski definition) is 2. The monoisotopic (exact) mass is 412 g/mol. The van der Waals surface area contributed by atoms with E-state index in [1.807, 2.05) is 12.1 Å². The standard InChI is InChI=1S/C23H36N6O/c1-5-24-23(25-14-19(3)16-29-12-10-28(4)11-13-29)26-15-21-17-30-22(27-21)20-8-6-18(2)7-9-20/h6-9,17,19H,5,10-16H2,1-4H3,(H2,24,25,26). The van der Waals surface area contributed by atoms with Crippen LogP contribution in [-0.2, 0) is 6.54 Å². The van der Waals surface area contributed by atoms with Gasteiger partial charge in [0.1, 0.15) is 12.0 Å². The number of rotatable bonds is 8. The van der Waals surface area contributed by atoms with Crippen molar-refractivity contribution in [2.45, 2.75) is 27.3 Å². The van der Waals surface area contributed by atoms with Gasteiger partial charge in [-0.2, -0.15) is 0 Å². The van der Waals surface area contributed by atoms with Crippen LogP contribution < -0.4 is 10.6 Å². The average Bonchev–Trinajstić information content (AvgIpc) is 3.21. The van der Waals surface area contributed by atoms with Crippen molar-refractivity contribution in [3.63, 3.8) is 0 Å². The third-order valence-corrected chi connectivity index (χ3v) is 5.38. The first-order chi connectivity index (χ1) is 14.5. The van der Waals surface area contributed by atoms with Gasteiger partial charge in [0.05, 0.1) is 6.54 Å². The maximum atomic E-state index is 5.64. The summed E-state index contributed by atoms with van der Waals surface area (Å²) in [6.07, 6.45) is 1.69. The minimum absolute atomic E-state index is 0.484. The molecule has 2 heterocycles. The Morgan fingerprint density at radius 1 is 1.17 bits per heavy atom. The normalized spacial score (nSPS) is 17.1. The minimum atomic E-state index is 0.484. The van der Waals surface area contributed by atoms with E-state index in [0.29, 0.717) is 18.4 Å². The first kappa shape index (κ1) is 22.3. The molecule has 1 fully saturated rings. The molecule has 0 aliphatic carbocycles. The smallest absolute Gasteiger partial charge is 0.226 e. The van der Waals surface area contributed by atoms with Crippen molar-refractivity contribution in [2.24, 2.45) is 10.9 Å². The molecule has 1 unspecified atom stereocenters. The van der Waals surface area contributed by atoms with Gasteiger partial charge in [0.15, 0.2) is 5.96 Å². The molecule has 1 saturated heterocycles. The molecule has 2 aromatic rings. The van der Waals surface area contributed by atoms with Crippen LogP contribution in [0.4, 0.5) is 0 Å². The van der Waals surface area contributed by atoms with Crippen LogP contribution in [0.25, 0.3) is 11.5 Å². The molecule has 30 heavy (non-hydrogen) atoms. The third-order valence-electron chi connectivity index (χ3n) is 5.38. The van der Waals surface area contributed by atoms with E-state index in [4.69, 9.17) is 4.42 Å². The fourth-order valence-corrected chi connectivity index (χ4v) is 3.52. The number of nitrogens with zero attached hydrogens (tertiary/aromatic N) is 4. The highest BCUT2D eigenvalue weighted by molar-refractivity contribution is 5.79. The summed E-state index contributed by atoms with van der Waals surface area (Å²) in [4.78, 5) is 14.2. The van der Waals surface area contributed by atoms with Gasteiger partial charge in [-0.3, -0.25) is 0 Å². The van der Waals surface area contributed by atoms with Crippen molar-refractivity contribution >= 4 is 5.96 Å². The lowest BCUT2D eigenvalue weighted by molar-refractivity contribution is 0.139. The van der Waals surface area contributed by atoms with Crippen LogP contribution in [0.3, 0.4) is 0 Å². The van der Waals surface area contributed by atoms with Crippen LogP contribution in [0.15, 0.2) is 39.9 Å². The van der Waals surface area contributed by atoms with Crippen LogP contribution in [0.5, 0.6) is 0 Å². The first-order valence-electron chi connectivity index (χ1n) is 11.0. The number of aliphatic imine (C=N–C) groups is 1. The van der Waals surface area contributed by atoms with Crippen LogP contribution in [0.1, 0.15) is 25.1 Å². The molecule has 2 N–H and O–H groups in total. The zero-order valence-corrected chi connectivity index (χ0v) is 18.8. The highest BCUT2D eigenvalue weighted by Crippen LogP contribution is 2.19. The van der Waals surface area contributed by atoms with Gasteiger partial charge in [-0.1, -0.05) is 24.6 Å². The fraction of sp³-hybridized carbons (Fsp3) is 0.565. The Balaban J connectivity index is 1.50. The zero-order chi connectivity index (χ0) is 21.3. The molecule has 1 atom stereocenters. The summed E-state index contributed by atoms with van der Waals surface area (Å²) in [6, 6.07) is 8.19. The van der Waals surface area contributed by atoms with Crippen LogP contribution >= 0.6 is 0 Å². The number of benzene rings is 1. The van der Waals surface area contributed by atoms with E-state index in [-0.39, 0.29) is 0 Å². The summed E-state index contributed by atoms with van der Waals surface area (Å²) in [5.74, 6) is 2.01. The summed E-state index contributed by atoms with van der Waals surface area (Å²) < 4.78 is 5.64. The summed E-state index contributed by atoms with van der Waals surface area (Å²) in [5, 5.41) is 6.80. The number of aryl methyl sites for hydroxylation is 1. The van der Waals surface area contributed by atoms with E-state index in [2.05, 4.69) is 70.4 Å². The number of aromatic nitrogens is 1. The van der Waals surface area contributed by atoms with Crippen molar-refractivity contribution < 1.29 is 4.42 Å². The molecular weight excluding hydrogens is 376 g/mol. The Morgan fingerprint density at radius 3 is 2.60 bits per heavy atom. The molecule has 0 radical (unpaired) electrons. The number of guanidine groups is 1. The van der Waals surface area contributed by atoms with E-state index in [9.17, 15) is 0 Å². The number of oxazole rings is 1. The van der Waals surface area contributed by atoms with E-state index in [0.717, 1.165) is 63.0 Å². The maximum absolute atomic E-state index is 5.64. The molecule has 0 saturated carbocycles. The van der Waals surface area contributed by atoms with E-state index < -0.39 is 0 Å². The molecule has 0 spiro atoms. The van der Waals surface area contributed by atoms with Crippen molar-refractivity contribution in [2.75, 3.05) is 52.9 Å². The molecule has 1 aliphatic rings. The van der Waals surface area contributed by atoms with Crippen LogP contribution in [-0.4, -0.2) is 73.6 Å². The Hall–Kier alpha value is -2.38. The summed E-state index contributed by atoms with van der Waals surface area (Å²) >= 11 is 0. The topological polar surface area (TPSA) is 68.9 Å². The fourth-order valence-electron chi connectivity index (χ4n) is 3.52. The van der Waals surface area contributed by atoms with Gasteiger partial charge in [-0.15, -0.1) is 0 Å².